The zero-order valence-electron chi connectivity index (χ0n) is 14.3. The maximum Gasteiger partial charge on any atom is 0.252 e. The Morgan fingerprint density at radius 2 is 1.92 bits per heavy atom. The molecule has 0 radical (unpaired) electrons. The van der Waals surface area contributed by atoms with Crippen LogP contribution in [-0.2, 0) is 6.42 Å². The summed E-state index contributed by atoms with van der Waals surface area (Å²) in [5, 5.41) is 4.47. The monoisotopic (exact) mass is 323 g/mol. The summed E-state index contributed by atoms with van der Waals surface area (Å²) in [5.74, 6) is 2.06. The van der Waals surface area contributed by atoms with Crippen molar-refractivity contribution >= 4 is 11.5 Å². The Bertz CT molecular complexity index is 872. The fourth-order valence-corrected chi connectivity index (χ4v) is 3.58. The lowest BCUT2D eigenvalue weighted by atomic mass is 9.96. The number of nitrogens with zero attached hydrogens (tertiary/aromatic N) is 7. The van der Waals surface area contributed by atoms with Crippen molar-refractivity contribution in [3.05, 3.63) is 41.5 Å². The van der Waals surface area contributed by atoms with Crippen molar-refractivity contribution in [2.24, 2.45) is 5.92 Å². The SMILES string of the molecule is Cc1nc2nc(C)c(C[C@@H]3CCN(c4cncnc4)C3)c(C)n2n1. The Kier molecular flexibility index (Phi) is 3.63. The van der Waals surface area contributed by atoms with Crippen molar-refractivity contribution in [3.8, 4) is 0 Å². The molecule has 1 aliphatic heterocycles. The highest BCUT2D eigenvalue weighted by Gasteiger charge is 2.25. The number of hydrogen-bond acceptors (Lipinski definition) is 6. The van der Waals surface area contributed by atoms with E-state index in [4.69, 9.17) is 0 Å². The fraction of sp³-hybridized carbons (Fsp3) is 0.471. The van der Waals surface area contributed by atoms with Crippen LogP contribution >= 0.6 is 0 Å². The van der Waals surface area contributed by atoms with Gasteiger partial charge in [-0.05, 0) is 45.1 Å². The van der Waals surface area contributed by atoms with Gasteiger partial charge in [0.1, 0.15) is 12.2 Å². The van der Waals surface area contributed by atoms with Crippen LogP contribution in [-0.4, -0.2) is 42.6 Å². The topological polar surface area (TPSA) is 72.1 Å². The summed E-state index contributed by atoms with van der Waals surface area (Å²) < 4.78 is 1.87. The van der Waals surface area contributed by atoms with E-state index < -0.39 is 0 Å². The molecule has 1 aliphatic rings. The average molecular weight is 323 g/mol. The van der Waals surface area contributed by atoms with Gasteiger partial charge in [0.2, 0.25) is 0 Å². The molecule has 124 valence electrons. The van der Waals surface area contributed by atoms with Crippen molar-refractivity contribution in [2.45, 2.75) is 33.6 Å². The molecule has 0 spiro atoms. The predicted molar refractivity (Wildman–Crippen MR) is 91.0 cm³/mol. The van der Waals surface area contributed by atoms with E-state index in [1.807, 2.05) is 23.8 Å². The summed E-state index contributed by atoms with van der Waals surface area (Å²) in [7, 11) is 0. The molecule has 0 unspecified atom stereocenters. The molecule has 4 heterocycles. The summed E-state index contributed by atoms with van der Waals surface area (Å²) in [5.41, 5.74) is 4.62. The molecule has 0 amide bonds. The average Bonchev–Trinajstić information content (AvgIpc) is 3.19. The molecule has 0 N–H and O–H groups in total. The van der Waals surface area contributed by atoms with E-state index in [-0.39, 0.29) is 0 Å². The lowest BCUT2D eigenvalue weighted by Gasteiger charge is -2.18. The zero-order valence-corrected chi connectivity index (χ0v) is 14.3. The second kappa shape index (κ2) is 5.81. The van der Waals surface area contributed by atoms with Gasteiger partial charge in [0.15, 0.2) is 0 Å². The number of rotatable bonds is 3. The van der Waals surface area contributed by atoms with Gasteiger partial charge in [-0.1, -0.05) is 0 Å². The number of anilines is 1. The van der Waals surface area contributed by atoms with Crippen LogP contribution in [0.25, 0.3) is 5.78 Å². The van der Waals surface area contributed by atoms with Gasteiger partial charge >= 0.3 is 0 Å². The van der Waals surface area contributed by atoms with E-state index in [1.54, 1.807) is 6.33 Å². The van der Waals surface area contributed by atoms with Crippen LogP contribution < -0.4 is 4.90 Å². The number of aromatic nitrogens is 6. The molecule has 4 rings (SSSR count). The van der Waals surface area contributed by atoms with Crippen LogP contribution in [0, 0.1) is 26.7 Å². The van der Waals surface area contributed by atoms with Gasteiger partial charge in [0.05, 0.1) is 18.1 Å². The molecule has 7 heteroatoms. The van der Waals surface area contributed by atoms with Crippen molar-refractivity contribution in [3.63, 3.8) is 0 Å². The minimum atomic E-state index is 0.603. The molecule has 3 aromatic heterocycles. The summed E-state index contributed by atoms with van der Waals surface area (Å²) in [6.45, 7) is 8.17. The quantitative estimate of drug-likeness (QED) is 0.733. The fourth-order valence-electron chi connectivity index (χ4n) is 3.58. The van der Waals surface area contributed by atoms with Crippen LogP contribution in [0.4, 0.5) is 5.69 Å². The van der Waals surface area contributed by atoms with E-state index in [9.17, 15) is 0 Å². The predicted octanol–water partition coefficient (Wildman–Crippen LogP) is 1.91. The maximum atomic E-state index is 4.63. The summed E-state index contributed by atoms with van der Waals surface area (Å²) >= 11 is 0. The first-order chi connectivity index (χ1) is 11.6. The van der Waals surface area contributed by atoms with E-state index in [0.717, 1.165) is 42.4 Å². The van der Waals surface area contributed by atoms with Crippen LogP contribution in [0.1, 0.15) is 29.2 Å². The van der Waals surface area contributed by atoms with Gasteiger partial charge < -0.3 is 4.90 Å². The van der Waals surface area contributed by atoms with Crippen molar-refractivity contribution in [1.82, 2.24) is 29.5 Å². The van der Waals surface area contributed by atoms with E-state index in [2.05, 4.69) is 43.8 Å². The minimum absolute atomic E-state index is 0.603. The Labute approximate surface area is 140 Å². The summed E-state index contributed by atoms with van der Waals surface area (Å²) in [6, 6.07) is 0. The Morgan fingerprint density at radius 1 is 1.12 bits per heavy atom. The molecular weight excluding hydrogens is 302 g/mol. The van der Waals surface area contributed by atoms with Gasteiger partial charge in [0.25, 0.3) is 5.78 Å². The highest BCUT2D eigenvalue weighted by atomic mass is 15.3. The molecule has 0 aliphatic carbocycles. The van der Waals surface area contributed by atoms with Crippen molar-refractivity contribution < 1.29 is 0 Å². The summed E-state index contributed by atoms with van der Waals surface area (Å²) in [6.07, 6.45) is 7.53. The number of hydrogen-bond donors (Lipinski definition) is 0. The standard InChI is InChI=1S/C17H21N7/c1-11-16(12(2)24-17(20-11)21-13(3)22-24)6-14-4-5-23(9-14)15-7-18-10-19-8-15/h7-8,10,14H,4-6,9H2,1-3H3/t14-/m0/s1. The van der Waals surface area contributed by atoms with E-state index in [1.165, 1.54) is 12.0 Å². The van der Waals surface area contributed by atoms with Crippen LogP contribution in [0.2, 0.25) is 0 Å². The van der Waals surface area contributed by atoms with Gasteiger partial charge in [-0.25, -0.2) is 19.5 Å². The Balaban J connectivity index is 1.57. The van der Waals surface area contributed by atoms with Gasteiger partial charge in [-0.2, -0.15) is 10.1 Å². The van der Waals surface area contributed by atoms with Crippen molar-refractivity contribution in [1.29, 1.82) is 0 Å². The number of aryl methyl sites for hydroxylation is 3. The highest BCUT2D eigenvalue weighted by Crippen LogP contribution is 2.27. The normalized spacial score (nSPS) is 17.8. The molecule has 24 heavy (non-hydrogen) atoms. The first-order valence-corrected chi connectivity index (χ1v) is 8.31. The summed E-state index contributed by atoms with van der Waals surface area (Å²) in [4.78, 5) is 19.6. The van der Waals surface area contributed by atoms with Crippen LogP contribution in [0.3, 0.4) is 0 Å². The van der Waals surface area contributed by atoms with E-state index >= 15 is 0 Å². The van der Waals surface area contributed by atoms with Gasteiger partial charge in [0, 0.05) is 24.5 Å². The maximum absolute atomic E-state index is 4.63. The zero-order chi connectivity index (χ0) is 16.7. The van der Waals surface area contributed by atoms with Crippen molar-refractivity contribution in [2.75, 3.05) is 18.0 Å². The molecule has 1 atom stereocenters. The molecule has 0 bridgehead atoms. The van der Waals surface area contributed by atoms with Crippen LogP contribution in [0.5, 0.6) is 0 Å². The third-order valence-corrected chi connectivity index (χ3v) is 4.85. The first-order valence-electron chi connectivity index (χ1n) is 8.31. The lowest BCUT2D eigenvalue weighted by molar-refractivity contribution is 0.577. The second-order valence-electron chi connectivity index (χ2n) is 6.53. The lowest BCUT2D eigenvalue weighted by Crippen LogP contribution is -2.21. The smallest absolute Gasteiger partial charge is 0.252 e. The molecule has 0 aromatic carbocycles. The number of fused-ring (bicyclic) bond motifs is 1. The third kappa shape index (κ3) is 2.60. The van der Waals surface area contributed by atoms with E-state index in [0.29, 0.717) is 11.7 Å². The Morgan fingerprint density at radius 3 is 2.71 bits per heavy atom. The first kappa shape index (κ1) is 15.0. The van der Waals surface area contributed by atoms with Crippen LogP contribution in [0.15, 0.2) is 18.7 Å². The third-order valence-electron chi connectivity index (χ3n) is 4.85. The second-order valence-corrected chi connectivity index (χ2v) is 6.53. The molecule has 3 aromatic rings. The van der Waals surface area contributed by atoms with Gasteiger partial charge in [-0.15, -0.1) is 0 Å². The minimum Gasteiger partial charge on any atom is -0.369 e. The molecule has 0 saturated carbocycles. The molecule has 1 fully saturated rings. The highest BCUT2D eigenvalue weighted by molar-refractivity contribution is 5.43. The van der Waals surface area contributed by atoms with Gasteiger partial charge in [-0.3, -0.25) is 0 Å². The molecule has 7 nitrogen and oxygen atoms in total. The Hall–Kier alpha value is -2.57. The largest absolute Gasteiger partial charge is 0.369 e. The molecular formula is C17H21N7. The molecule has 1 saturated heterocycles.